The van der Waals surface area contributed by atoms with Crippen LogP contribution in [0.25, 0.3) is 0 Å². The van der Waals surface area contributed by atoms with E-state index in [2.05, 4.69) is 16.1 Å². The zero-order valence-electron chi connectivity index (χ0n) is 38.4. The highest BCUT2D eigenvalue weighted by atomic mass is 16.7. The summed E-state index contributed by atoms with van der Waals surface area (Å²) in [7, 11) is 0. The second-order valence-electron chi connectivity index (χ2n) is 18.8. The van der Waals surface area contributed by atoms with E-state index in [4.69, 9.17) is 19.0 Å². The van der Waals surface area contributed by atoms with Crippen LogP contribution in [-0.2, 0) is 56.2 Å². The standard InChI is InChI=1S/C43H73N7O11/c1-31(2)24-34(45-40(57)61-43(9,10)11)39(56)46-58-30-33-14-12-32(13-15-33)25-44-35(51)26-47-16-20-49(28-37(54)59-41(3,4)5)22-18-48(27-36(52)53)19-23-50(21-17-47)29-38(55)60-42(6,7)8/h12-15,31,34H,16-30H2,1-11H3,(H,44,51)(H,45,57)(H,46,56)(H,52,53)/t34-/m1/s1. The zero-order valence-corrected chi connectivity index (χ0v) is 38.4. The fraction of sp³-hybridized carbons (Fsp3) is 0.721. The number of hydrogen-bond acceptors (Lipinski definition) is 14. The molecule has 0 unspecified atom stereocenters. The minimum absolute atomic E-state index is 0.000350. The molecule has 61 heavy (non-hydrogen) atoms. The SMILES string of the molecule is CC(C)C[C@@H](NC(=O)OC(C)(C)C)C(=O)NOCc1ccc(CNC(=O)CN2CCN(CC(=O)OC(C)(C)C)CCN(CC(=O)O)CCN(CC(=O)OC(C)(C)C)CC2)cc1. The normalized spacial score (nSPS) is 16.4. The Kier molecular flexibility index (Phi) is 21.6. The molecule has 1 aliphatic rings. The van der Waals surface area contributed by atoms with E-state index in [1.54, 1.807) is 67.2 Å². The van der Waals surface area contributed by atoms with E-state index in [9.17, 15) is 33.9 Å². The largest absolute Gasteiger partial charge is 0.480 e. The molecule has 0 aliphatic carbocycles. The van der Waals surface area contributed by atoms with Crippen LogP contribution in [0.1, 0.15) is 93.7 Å². The molecule has 1 heterocycles. The van der Waals surface area contributed by atoms with Crippen molar-refractivity contribution in [3.63, 3.8) is 0 Å². The summed E-state index contributed by atoms with van der Waals surface area (Å²) >= 11 is 0. The Labute approximate surface area is 362 Å². The quantitative estimate of drug-likeness (QED) is 0.101. The molecule has 18 heteroatoms. The maximum Gasteiger partial charge on any atom is 0.408 e. The predicted octanol–water partition coefficient (Wildman–Crippen LogP) is 2.78. The maximum atomic E-state index is 13.4. The second-order valence-corrected chi connectivity index (χ2v) is 18.8. The van der Waals surface area contributed by atoms with Crippen LogP contribution in [0.2, 0.25) is 0 Å². The molecular formula is C43H73N7O11. The topological polar surface area (TPSA) is 209 Å². The number of benzene rings is 1. The summed E-state index contributed by atoms with van der Waals surface area (Å²) in [5.74, 6) is -2.37. The van der Waals surface area contributed by atoms with E-state index in [1.165, 1.54) is 0 Å². The lowest BCUT2D eigenvalue weighted by atomic mass is 10.0. The third kappa shape index (κ3) is 25.2. The van der Waals surface area contributed by atoms with E-state index in [1.807, 2.05) is 52.8 Å². The minimum atomic E-state index is -0.977. The van der Waals surface area contributed by atoms with Crippen molar-refractivity contribution in [2.24, 2.45) is 5.92 Å². The van der Waals surface area contributed by atoms with Gasteiger partial charge < -0.3 is 30.0 Å². The summed E-state index contributed by atoms with van der Waals surface area (Å²) in [6, 6.07) is 6.50. The monoisotopic (exact) mass is 864 g/mol. The van der Waals surface area contributed by atoms with Crippen molar-refractivity contribution >= 4 is 35.8 Å². The number of hydrogen-bond donors (Lipinski definition) is 4. The average molecular weight is 864 g/mol. The number of ether oxygens (including phenoxy) is 3. The Morgan fingerprint density at radius 1 is 0.623 bits per heavy atom. The van der Waals surface area contributed by atoms with Crippen molar-refractivity contribution in [2.45, 2.75) is 119 Å². The summed E-state index contributed by atoms with van der Waals surface area (Å²) < 4.78 is 16.5. The lowest BCUT2D eigenvalue weighted by Gasteiger charge is -2.33. The van der Waals surface area contributed by atoms with Gasteiger partial charge in [0.05, 0.1) is 32.8 Å². The molecule has 2 rings (SSSR count). The van der Waals surface area contributed by atoms with Gasteiger partial charge in [0.2, 0.25) is 5.91 Å². The fourth-order valence-electron chi connectivity index (χ4n) is 6.14. The molecule has 1 aliphatic heterocycles. The number of rotatable bonds is 17. The van der Waals surface area contributed by atoms with Gasteiger partial charge in [-0.1, -0.05) is 38.1 Å². The number of amides is 3. The first kappa shape index (κ1) is 52.8. The summed E-state index contributed by atoms with van der Waals surface area (Å²) in [5, 5.41) is 15.2. The molecule has 1 aromatic rings. The summed E-state index contributed by atoms with van der Waals surface area (Å²) in [6.45, 7) is 23.2. The van der Waals surface area contributed by atoms with Gasteiger partial charge in [-0.15, -0.1) is 0 Å². The van der Waals surface area contributed by atoms with Crippen LogP contribution in [0.3, 0.4) is 0 Å². The molecule has 0 bridgehead atoms. The number of carbonyl (C=O) groups is 6. The van der Waals surface area contributed by atoms with Crippen LogP contribution >= 0.6 is 0 Å². The molecular weight excluding hydrogens is 791 g/mol. The zero-order chi connectivity index (χ0) is 46.0. The molecule has 3 amide bonds. The van der Waals surface area contributed by atoms with Crippen LogP contribution in [0.4, 0.5) is 4.79 Å². The van der Waals surface area contributed by atoms with Gasteiger partial charge in [0, 0.05) is 58.9 Å². The minimum Gasteiger partial charge on any atom is -0.480 e. The van der Waals surface area contributed by atoms with E-state index >= 15 is 0 Å². The molecule has 0 radical (unpaired) electrons. The first-order valence-electron chi connectivity index (χ1n) is 21.1. The lowest BCUT2D eigenvalue weighted by Crippen LogP contribution is -2.50. The average Bonchev–Trinajstić information content (AvgIpc) is 3.09. The highest BCUT2D eigenvalue weighted by molar-refractivity contribution is 5.85. The van der Waals surface area contributed by atoms with Crippen LogP contribution in [0, 0.1) is 5.92 Å². The molecule has 0 spiro atoms. The maximum absolute atomic E-state index is 13.4. The van der Waals surface area contributed by atoms with Crippen molar-refractivity contribution in [3.05, 3.63) is 35.4 Å². The van der Waals surface area contributed by atoms with Gasteiger partial charge >= 0.3 is 24.0 Å². The van der Waals surface area contributed by atoms with Crippen LogP contribution < -0.4 is 16.1 Å². The summed E-state index contributed by atoms with van der Waals surface area (Å²) in [4.78, 5) is 89.1. The molecule has 1 fully saturated rings. The van der Waals surface area contributed by atoms with Crippen LogP contribution in [0.15, 0.2) is 24.3 Å². The van der Waals surface area contributed by atoms with Crippen LogP contribution in [0.5, 0.6) is 0 Å². The molecule has 18 nitrogen and oxygen atoms in total. The first-order chi connectivity index (χ1) is 28.2. The number of nitrogens with zero attached hydrogens (tertiary/aromatic N) is 4. The van der Waals surface area contributed by atoms with E-state index < -0.39 is 52.8 Å². The number of carbonyl (C=O) groups excluding carboxylic acids is 5. The van der Waals surface area contributed by atoms with Gasteiger partial charge in [-0.2, -0.15) is 0 Å². The Hall–Kier alpha value is -4.36. The summed E-state index contributed by atoms with van der Waals surface area (Å²) in [5.41, 5.74) is 1.98. The number of carboxylic acids is 1. The number of esters is 2. The predicted molar refractivity (Wildman–Crippen MR) is 229 cm³/mol. The lowest BCUT2D eigenvalue weighted by molar-refractivity contribution is -0.157. The molecule has 1 aromatic carbocycles. The molecule has 346 valence electrons. The van der Waals surface area contributed by atoms with E-state index in [0.717, 1.165) is 11.1 Å². The third-order valence-corrected chi connectivity index (χ3v) is 8.84. The van der Waals surface area contributed by atoms with Crippen molar-refractivity contribution in [3.8, 4) is 0 Å². The van der Waals surface area contributed by atoms with Crippen molar-refractivity contribution in [2.75, 3.05) is 78.5 Å². The Morgan fingerprint density at radius 3 is 1.44 bits per heavy atom. The smallest absolute Gasteiger partial charge is 0.408 e. The van der Waals surface area contributed by atoms with E-state index in [-0.39, 0.29) is 51.2 Å². The number of alkyl carbamates (subject to hydrolysis) is 1. The van der Waals surface area contributed by atoms with E-state index in [0.29, 0.717) is 58.8 Å². The number of hydroxylamine groups is 1. The van der Waals surface area contributed by atoms with Crippen molar-refractivity contribution < 1.29 is 52.9 Å². The van der Waals surface area contributed by atoms with Gasteiger partial charge in [-0.05, 0) is 85.8 Å². The number of aliphatic carboxylic acids is 1. The number of nitrogens with one attached hydrogen (secondary N) is 3. The third-order valence-electron chi connectivity index (χ3n) is 8.84. The molecule has 1 saturated heterocycles. The fourth-order valence-corrected chi connectivity index (χ4v) is 6.14. The van der Waals surface area contributed by atoms with Gasteiger partial charge in [0.1, 0.15) is 22.8 Å². The highest BCUT2D eigenvalue weighted by Crippen LogP contribution is 2.12. The molecule has 0 aromatic heterocycles. The Morgan fingerprint density at radius 2 is 1.03 bits per heavy atom. The highest BCUT2D eigenvalue weighted by Gasteiger charge is 2.27. The van der Waals surface area contributed by atoms with Gasteiger partial charge in [0.15, 0.2) is 0 Å². The Bertz CT molecular complexity index is 1520. The summed E-state index contributed by atoms with van der Waals surface area (Å²) in [6.07, 6.45) is -0.299. The molecule has 0 saturated carbocycles. The first-order valence-corrected chi connectivity index (χ1v) is 21.1. The van der Waals surface area contributed by atoms with Crippen molar-refractivity contribution in [1.29, 1.82) is 0 Å². The van der Waals surface area contributed by atoms with Gasteiger partial charge in [-0.25, -0.2) is 10.3 Å². The molecule has 1 atom stereocenters. The van der Waals surface area contributed by atoms with Gasteiger partial charge in [0.25, 0.3) is 5.91 Å². The van der Waals surface area contributed by atoms with Crippen LogP contribution in [-0.4, -0.2) is 162 Å². The molecule has 4 N–H and O–H groups in total. The van der Waals surface area contributed by atoms with Gasteiger partial charge in [-0.3, -0.25) is 48.4 Å². The Balaban J connectivity index is 2.08. The van der Waals surface area contributed by atoms with Crippen molar-refractivity contribution in [1.82, 2.24) is 35.7 Å². The second kappa shape index (κ2) is 24.9. The number of carboxylic acid groups (broad SMARTS) is 1.